The number of halogens is 3. The van der Waals surface area contributed by atoms with Gasteiger partial charge in [-0.05, 0) is 24.3 Å². The predicted octanol–water partition coefficient (Wildman–Crippen LogP) is 4.16. The highest BCUT2D eigenvalue weighted by molar-refractivity contribution is 5.89. The summed E-state index contributed by atoms with van der Waals surface area (Å²) in [5.74, 6) is 0. The molecule has 36 heavy (non-hydrogen) atoms. The summed E-state index contributed by atoms with van der Waals surface area (Å²) < 4.78 is 56.7. The number of H-pyrrole nitrogens is 1. The second kappa shape index (κ2) is 8.61. The lowest BCUT2D eigenvalue weighted by Crippen LogP contribution is -2.35. The average Bonchev–Trinajstić information content (AvgIpc) is 3.46. The number of para-hydroxylation sites is 1. The van der Waals surface area contributed by atoms with Crippen LogP contribution in [0.4, 0.5) is 13.2 Å². The summed E-state index contributed by atoms with van der Waals surface area (Å²) in [6.07, 6.45) is -1.06. The molecule has 1 aliphatic heterocycles. The van der Waals surface area contributed by atoms with E-state index >= 15 is 0 Å². The molecule has 1 fully saturated rings. The first kappa shape index (κ1) is 22.5. The number of hydrogen-bond acceptors (Lipinski definition) is 5. The summed E-state index contributed by atoms with van der Waals surface area (Å²) in [6, 6.07) is 11.9. The summed E-state index contributed by atoms with van der Waals surface area (Å²) in [6.45, 7) is 1.35. The maximum atomic E-state index is 14.2. The molecule has 4 aromatic heterocycles. The van der Waals surface area contributed by atoms with E-state index in [0.717, 1.165) is 0 Å². The maximum absolute atomic E-state index is 14.2. The van der Waals surface area contributed by atoms with Crippen molar-refractivity contribution in [3.8, 4) is 16.8 Å². The van der Waals surface area contributed by atoms with Crippen LogP contribution in [0.2, 0.25) is 0 Å². The number of alkyl halides is 3. The van der Waals surface area contributed by atoms with Gasteiger partial charge in [0.15, 0.2) is 5.65 Å². The number of nitrogens with zero attached hydrogens (tertiary/aromatic N) is 4. The van der Waals surface area contributed by atoms with E-state index in [-0.39, 0.29) is 40.5 Å². The number of imidazole rings is 1. The maximum Gasteiger partial charge on any atom is 0.417 e. The van der Waals surface area contributed by atoms with Gasteiger partial charge in [-0.15, -0.1) is 0 Å². The highest BCUT2D eigenvalue weighted by Gasteiger charge is 2.37. The quantitative estimate of drug-likeness (QED) is 0.405. The molecule has 0 spiro atoms. The third-order valence-corrected chi connectivity index (χ3v) is 6.24. The van der Waals surface area contributed by atoms with Crippen molar-refractivity contribution in [3.05, 3.63) is 77.1 Å². The molecule has 1 N–H and O–H groups in total. The first-order chi connectivity index (χ1) is 17.4. The largest absolute Gasteiger partial charge is 0.417 e. The Morgan fingerprint density at radius 1 is 1.08 bits per heavy atom. The molecule has 0 unspecified atom stereocenters. The molecule has 11 heteroatoms. The van der Waals surface area contributed by atoms with Crippen LogP contribution in [-0.2, 0) is 22.2 Å². The van der Waals surface area contributed by atoms with Crippen molar-refractivity contribution in [2.24, 2.45) is 0 Å². The summed E-state index contributed by atoms with van der Waals surface area (Å²) in [4.78, 5) is 24.9. The minimum Gasteiger partial charge on any atom is -0.376 e. The van der Waals surface area contributed by atoms with E-state index in [2.05, 4.69) is 15.0 Å². The minimum absolute atomic E-state index is 0.0351. The number of benzene rings is 1. The van der Waals surface area contributed by atoms with Crippen molar-refractivity contribution in [1.82, 2.24) is 24.1 Å². The lowest BCUT2D eigenvalue weighted by Gasteiger charge is -2.23. The molecule has 184 valence electrons. The number of aromatic nitrogens is 5. The SMILES string of the molecule is O=c1n(C[C@H]2COCCO2)c2cc(-c3cnc4[nH]ccc4c3C(F)(F)F)cnc2n1-c1ccccc1. The van der Waals surface area contributed by atoms with Crippen LogP contribution in [0, 0.1) is 0 Å². The second-order valence-electron chi connectivity index (χ2n) is 8.48. The second-order valence-corrected chi connectivity index (χ2v) is 8.48. The van der Waals surface area contributed by atoms with E-state index in [1.54, 1.807) is 30.3 Å². The Kier molecular flexibility index (Phi) is 5.38. The van der Waals surface area contributed by atoms with Gasteiger partial charge in [0.25, 0.3) is 0 Å². The highest BCUT2D eigenvalue weighted by Crippen LogP contribution is 2.41. The first-order valence-electron chi connectivity index (χ1n) is 11.3. The van der Waals surface area contributed by atoms with Gasteiger partial charge in [0.1, 0.15) is 5.65 Å². The Balaban J connectivity index is 1.58. The fraction of sp³-hybridized carbons (Fsp3) is 0.240. The molecule has 6 rings (SSSR count). The zero-order chi connectivity index (χ0) is 24.9. The molecule has 0 saturated carbocycles. The van der Waals surface area contributed by atoms with Gasteiger partial charge in [-0.2, -0.15) is 13.2 Å². The number of fused-ring (bicyclic) bond motifs is 2. The predicted molar refractivity (Wildman–Crippen MR) is 126 cm³/mol. The van der Waals surface area contributed by atoms with Gasteiger partial charge in [0.2, 0.25) is 0 Å². The summed E-state index contributed by atoms with van der Waals surface area (Å²) in [5, 5.41) is -0.0351. The van der Waals surface area contributed by atoms with Crippen LogP contribution < -0.4 is 5.69 Å². The molecule has 0 amide bonds. The Bertz CT molecular complexity index is 1620. The van der Waals surface area contributed by atoms with Gasteiger partial charge in [-0.1, -0.05) is 18.2 Å². The van der Waals surface area contributed by atoms with Crippen molar-refractivity contribution in [1.29, 1.82) is 0 Å². The molecule has 1 aromatic carbocycles. The lowest BCUT2D eigenvalue weighted by atomic mass is 10.0. The van der Waals surface area contributed by atoms with Crippen LogP contribution in [-0.4, -0.2) is 50.0 Å². The van der Waals surface area contributed by atoms with E-state index in [4.69, 9.17) is 9.47 Å². The van der Waals surface area contributed by atoms with Crippen LogP contribution in [0.25, 0.3) is 39.0 Å². The zero-order valence-corrected chi connectivity index (χ0v) is 18.8. The van der Waals surface area contributed by atoms with Gasteiger partial charge in [0, 0.05) is 35.1 Å². The molecule has 1 atom stereocenters. The number of rotatable bonds is 4. The molecule has 5 heterocycles. The van der Waals surface area contributed by atoms with Gasteiger partial charge in [-0.3, -0.25) is 4.57 Å². The summed E-state index contributed by atoms with van der Waals surface area (Å²) >= 11 is 0. The smallest absolute Gasteiger partial charge is 0.376 e. The number of aromatic amines is 1. The average molecular weight is 495 g/mol. The van der Waals surface area contributed by atoms with Gasteiger partial charge < -0.3 is 14.5 Å². The minimum atomic E-state index is -4.63. The fourth-order valence-electron chi connectivity index (χ4n) is 4.64. The van der Waals surface area contributed by atoms with E-state index < -0.39 is 11.7 Å². The number of nitrogens with one attached hydrogen (secondary N) is 1. The fourth-order valence-corrected chi connectivity index (χ4v) is 4.64. The molecule has 0 bridgehead atoms. The van der Waals surface area contributed by atoms with Crippen LogP contribution >= 0.6 is 0 Å². The van der Waals surface area contributed by atoms with E-state index in [9.17, 15) is 18.0 Å². The lowest BCUT2D eigenvalue weighted by molar-refractivity contribution is -0.135. The van der Waals surface area contributed by atoms with Crippen molar-refractivity contribution in [2.45, 2.75) is 18.8 Å². The standard InChI is InChI=1S/C25H20F3N5O3/c26-25(27,28)21-18-6-7-29-22(18)30-12-19(21)15-10-20-23(31-11-15)33(16-4-2-1-3-5-16)24(34)32(20)13-17-14-35-8-9-36-17/h1-7,10-12,17H,8-9,13-14H2,(H,29,30)/t17-/m0/s1. The molecule has 1 aliphatic rings. The van der Waals surface area contributed by atoms with Gasteiger partial charge in [0.05, 0.1) is 49.2 Å². The van der Waals surface area contributed by atoms with Crippen molar-refractivity contribution >= 4 is 22.2 Å². The Morgan fingerprint density at radius 3 is 2.67 bits per heavy atom. The number of pyridine rings is 2. The monoisotopic (exact) mass is 495 g/mol. The Hall–Kier alpha value is -3.96. The topological polar surface area (TPSA) is 87.0 Å². The van der Waals surface area contributed by atoms with E-state index in [1.807, 2.05) is 6.07 Å². The molecule has 0 aliphatic carbocycles. The van der Waals surface area contributed by atoms with Crippen molar-refractivity contribution < 1.29 is 22.6 Å². The van der Waals surface area contributed by atoms with Gasteiger partial charge >= 0.3 is 11.9 Å². The first-order valence-corrected chi connectivity index (χ1v) is 11.3. The third-order valence-electron chi connectivity index (χ3n) is 6.24. The van der Waals surface area contributed by atoms with E-state index in [0.29, 0.717) is 36.7 Å². The van der Waals surface area contributed by atoms with Crippen LogP contribution in [0.15, 0.2) is 65.8 Å². The summed E-state index contributed by atoms with van der Waals surface area (Å²) in [7, 11) is 0. The number of ether oxygens (including phenoxy) is 2. The highest BCUT2D eigenvalue weighted by atomic mass is 19.4. The van der Waals surface area contributed by atoms with Crippen LogP contribution in [0.5, 0.6) is 0 Å². The molecular weight excluding hydrogens is 475 g/mol. The van der Waals surface area contributed by atoms with Crippen LogP contribution in [0.3, 0.4) is 0 Å². The van der Waals surface area contributed by atoms with Gasteiger partial charge in [-0.25, -0.2) is 19.3 Å². The molecule has 0 radical (unpaired) electrons. The Labute approximate surface area is 201 Å². The molecule has 5 aromatic rings. The molecule has 8 nitrogen and oxygen atoms in total. The normalized spacial score (nSPS) is 16.7. The third kappa shape index (κ3) is 3.76. The van der Waals surface area contributed by atoms with Crippen molar-refractivity contribution in [2.75, 3.05) is 19.8 Å². The molecule has 1 saturated heterocycles. The molecular formula is C25H20F3N5O3. The summed E-state index contributed by atoms with van der Waals surface area (Å²) in [5.41, 5.74) is 0.354. The van der Waals surface area contributed by atoms with E-state index in [1.165, 1.54) is 33.8 Å². The van der Waals surface area contributed by atoms with Crippen LogP contribution in [0.1, 0.15) is 5.56 Å². The Morgan fingerprint density at radius 2 is 1.92 bits per heavy atom. The zero-order valence-electron chi connectivity index (χ0n) is 18.8. The number of hydrogen-bond donors (Lipinski definition) is 1. The van der Waals surface area contributed by atoms with Crippen molar-refractivity contribution in [3.63, 3.8) is 0 Å².